The van der Waals surface area contributed by atoms with Gasteiger partial charge in [0.25, 0.3) is 0 Å². The summed E-state index contributed by atoms with van der Waals surface area (Å²) >= 11 is 0. The zero-order valence-electron chi connectivity index (χ0n) is 18.9. The third-order valence-corrected chi connectivity index (χ3v) is 6.46. The Bertz CT molecular complexity index is 1010. The first-order chi connectivity index (χ1) is 16.1. The number of benzene rings is 1. The number of hydrogen-bond acceptors (Lipinski definition) is 5. The predicted octanol–water partition coefficient (Wildman–Crippen LogP) is 4.13. The summed E-state index contributed by atoms with van der Waals surface area (Å²) in [5.74, 6) is -1.07. The molecule has 0 bridgehead atoms. The molecule has 184 valence electrons. The molecule has 1 fully saturated rings. The highest BCUT2D eigenvalue weighted by Gasteiger charge is 2.41. The number of fused-ring (bicyclic) bond motifs is 1. The van der Waals surface area contributed by atoms with Gasteiger partial charge in [-0.3, -0.25) is 19.2 Å². The van der Waals surface area contributed by atoms with Crippen LogP contribution in [-0.4, -0.2) is 77.0 Å². The molecular formula is C24H28F4N4O2. The number of aromatic nitrogens is 1. The zero-order chi connectivity index (χ0) is 24.5. The molecule has 0 amide bonds. The Kier molecular flexibility index (Phi) is 7.09. The number of anilines is 1. The summed E-state index contributed by atoms with van der Waals surface area (Å²) in [4.78, 5) is 19.4. The Morgan fingerprint density at radius 1 is 1.24 bits per heavy atom. The summed E-state index contributed by atoms with van der Waals surface area (Å²) in [7, 11) is 0. The lowest BCUT2D eigenvalue weighted by Gasteiger charge is -2.42. The Balaban J connectivity index is 1.56. The highest BCUT2D eigenvalue weighted by molar-refractivity contribution is 5.88. The van der Waals surface area contributed by atoms with Gasteiger partial charge in [-0.05, 0) is 55.2 Å². The van der Waals surface area contributed by atoms with Crippen molar-refractivity contribution < 1.29 is 27.5 Å². The Morgan fingerprint density at radius 2 is 2.00 bits per heavy atom. The van der Waals surface area contributed by atoms with E-state index in [4.69, 9.17) is 0 Å². The number of nitrogens with zero attached hydrogens (tertiary/aromatic N) is 3. The lowest BCUT2D eigenvalue weighted by Crippen LogP contribution is -2.54. The summed E-state index contributed by atoms with van der Waals surface area (Å²) in [5.41, 5.74) is 2.73. The van der Waals surface area contributed by atoms with E-state index in [1.165, 1.54) is 11.0 Å². The number of halogens is 4. The quantitative estimate of drug-likeness (QED) is 0.554. The van der Waals surface area contributed by atoms with Crippen LogP contribution >= 0.6 is 0 Å². The van der Waals surface area contributed by atoms with Gasteiger partial charge in [0, 0.05) is 25.7 Å². The number of carboxylic acid groups (broad SMARTS) is 1. The molecule has 2 aliphatic rings. The number of nitrogens with one attached hydrogen (secondary N) is 1. The van der Waals surface area contributed by atoms with Crippen LogP contribution in [0.4, 0.5) is 23.2 Å². The highest BCUT2D eigenvalue weighted by Crippen LogP contribution is 2.39. The molecule has 2 atom stereocenters. The SMILES string of the molecule is C[C@@H]1Cc2cc(C(=O)O)ccc2[C@@H](c2ccc(NC3CN(CCCF)C3)cn2)N1CC(F)(F)F. The number of likely N-dealkylation sites (tertiary alicyclic amines) is 1. The lowest BCUT2D eigenvalue weighted by atomic mass is 9.85. The minimum absolute atomic E-state index is 0.113. The van der Waals surface area contributed by atoms with Crippen molar-refractivity contribution >= 4 is 11.7 Å². The van der Waals surface area contributed by atoms with Crippen LogP contribution in [0.15, 0.2) is 36.5 Å². The summed E-state index contributed by atoms with van der Waals surface area (Å²) in [6, 6.07) is 7.15. The second kappa shape index (κ2) is 9.87. The van der Waals surface area contributed by atoms with Gasteiger partial charge in [-0.15, -0.1) is 0 Å². The number of carbonyl (C=O) groups is 1. The fourth-order valence-electron chi connectivity index (χ4n) is 4.85. The zero-order valence-corrected chi connectivity index (χ0v) is 18.9. The minimum Gasteiger partial charge on any atom is -0.478 e. The van der Waals surface area contributed by atoms with Crippen molar-refractivity contribution in [3.63, 3.8) is 0 Å². The van der Waals surface area contributed by atoms with Gasteiger partial charge < -0.3 is 10.4 Å². The summed E-state index contributed by atoms with van der Waals surface area (Å²) in [6.07, 6.45) is -1.92. The molecule has 34 heavy (non-hydrogen) atoms. The number of pyridine rings is 1. The van der Waals surface area contributed by atoms with E-state index in [-0.39, 0.29) is 18.3 Å². The van der Waals surface area contributed by atoms with E-state index in [1.54, 1.807) is 31.3 Å². The molecule has 4 rings (SSSR count). The van der Waals surface area contributed by atoms with Crippen LogP contribution in [0, 0.1) is 0 Å². The Hall–Kier alpha value is -2.72. The third kappa shape index (κ3) is 5.50. The number of alkyl halides is 4. The van der Waals surface area contributed by atoms with Crippen LogP contribution < -0.4 is 5.32 Å². The van der Waals surface area contributed by atoms with Crippen LogP contribution in [0.1, 0.15) is 46.6 Å². The van der Waals surface area contributed by atoms with E-state index in [0.29, 0.717) is 24.1 Å². The van der Waals surface area contributed by atoms with Gasteiger partial charge in [-0.25, -0.2) is 4.79 Å². The third-order valence-electron chi connectivity index (χ3n) is 6.46. The normalized spacial score (nSPS) is 21.7. The molecule has 0 spiro atoms. The van der Waals surface area contributed by atoms with Gasteiger partial charge >= 0.3 is 12.1 Å². The molecule has 0 unspecified atom stereocenters. The van der Waals surface area contributed by atoms with E-state index in [9.17, 15) is 27.5 Å². The van der Waals surface area contributed by atoms with Gasteiger partial charge in [-0.1, -0.05) is 6.07 Å². The molecule has 2 N–H and O–H groups in total. The van der Waals surface area contributed by atoms with Crippen molar-refractivity contribution in [2.45, 2.75) is 44.1 Å². The second-order valence-corrected chi connectivity index (χ2v) is 9.08. The summed E-state index contributed by atoms with van der Waals surface area (Å²) in [5, 5.41) is 12.7. The van der Waals surface area contributed by atoms with E-state index in [1.807, 2.05) is 6.07 Å². The number of hydrogen-bond donors (Lipinski definition) is 2. The molecule has 0 radical (unpaired) electrons. The van der Waals surface area contributed by atoms with Gasteiger partial charge in [0.05, 0.1) is 48.4 Å². The van der Waals surface area contributed by atoms with Crippen LogP contribution in [0.25, 0.3) is 0 Å². The standard InChI is InChI=1S/C24H28F4N4O2/c1-15-9-17-10-16(23(33)34)3-5-20(17)22(32(15)14-24(26,27)28)21-6-4-18(11-29-21)30-19-12-31(13-19)8-2-7-25/h3-6,10-11,15,19,22,30H,2,7-9,12-14H2,1H3,(H,33,34)/t15-,22+/m1/s1. The van der Waals surface area contributed by atoms with Crippen LogP contribution in [0.2, 0.25) is 0 Å². The van der Waals surface area contributed by atoms with Crippen LogP contribution in [0.3, 0.4) is 0 Å². The van der Waals surface area contributed by atoms with Crippen molar-refractivity contribution in [2.75, 3.05) is 38.2 Å². The smallest absolute Gasteiger partial charge is 0.401 e. The molecule has 1 aromatic carbocycles. The molecule has 3 heterocycles. The first kappa shape index (κ1) is 24.4. The molecule has 0 aliphatic carbocycles. The highest BCUT2D eigenvalue weighted by atomic mass is 19.4. The molecular weight excluding hydrogens is 452 g/mol. The topological polar surface area (TPSA) is 68.7 Å². The van der Waals surface area contributed by atoms with E-state index in [2.05, 4.69) is 15.2 Å². The van der Waals surface area contributed by atoms with Crippen molar-refractivity contribution in [2.24, 2.45) is 0 Å². The number of rotatable bonds is 8. The van der Waals surface area contributed by atoms with Crippen molar-refractivity contribution in [3.05, 3.63) is 58.9 Å². The molecule has 0 saturated carbocycles. The first-order valence-electron chi connectivity index (χ1n) is 11.3. The van der Waals surface area contributed by atoms with Crippen molar-refractivity contribution in [1.82, 2.24) is 14.8 Å². The number of aromatic carboxylic acids is 1. The molecule has 6 nitrogen and oxygen atoms in total. The van der Waals surface area contributed by atoms with Crippen molar-refractivity contribution in [1.29, 1.82) is 0 Å². The van der Waals surface area contributed by atoms with Gasteiger partial charge in [-0.2, -0.15) is 13.2 Å². The van der Waals surface area contributed by atoms with Crippen LogP contribution in [-0.2, 0) is 6.42 Å². The molecule has 2 aromatic rings. The molecule has 2 aliphatic heterocycles. The molecule has 1 saturated heterocycles. The van der Waals surface area contributed by atoms with Crippen LogP contribution in [0.5, 0.6) is 0 Å². The fourth-order valence-corrected chi connectivity index (χ4v) is 4.85. The maximum atomic E-state index is 13.4. The van der Waals surface area contributed by atoms with E-state index >= 15 is 0 Å². The van der Waals surface area contributed by atoms with E-state index < -0.39 is 30.8 Å². The minimum atomic E-state index is -4.38. The summed E-state index contributed by atoms with van der Waals surface area (Å²) < 4.78 is 52.6. The average Bonchev–Trinajstić information content (AvgIpc) is 2.75. The molecule has 10 heteroatoms. The Morgan fingerprint density at radius 3 is 2.62 bits per heavy atom. The first-order valence-corrected chi connectivity index (χ1v) is 11.3. The van der Waals surface area contributed by atoms with Crippen molar-refractivity contribution in [3.8, 4) is 0 Å². The van der Waals surface area contributed by atoms with E-state index in [0.717, 1.165) is 30.9 Å². The second-order valence-electron chi connectivity index (χ2n) is 9.08. The lowest BCUT2D eigenvalue weighted by molar-refractivity contribution is -0.155. The fraction of sp³-hybridized carbons (Fsp3) is 0.500. The summed E-state index contributed by atoms with van der Waals surface area (Å²) in [6.45, 7) is 2.64. The number of carboxylic acids is 1. The molecule has 1 aromatic heterocycles. The predicted molar refractivity (Wildman–Crippen MR) is 120 cm³/mol. The largest absolute Gasteiger partial charge is 0.478 e. The van der Waals surface area contributed by atoms with Gasteiger partial charge in [0.1, 0.15) is 0 Å². The maximum Gasteiger partial charge on any atom is 0.401 e. The maximum absolute atomic E-state index is 13.4. The van der Waals surface area contributed by atoms with Gasteiger partial charge in [0.15, 0.2) is 0 Å². The average molecular weight is 481 g/mol. The Labute approximate surface area is 195 Å². The monoisotopic (exact) mass is 480 g/mol. The van der Waals surface area contributed by atoms with Gasteiger partial charge in [0.2, 0.25) is 0 Å².